The summed E-state index contributed by atoms with van der Waals surface area (Å²) in [6.45, 7) is 2.32. The second kappa shape index (κ2) is 5.31. The van der Waals surface area contributed by atoms with Gasteiger partial charge in [0.05, 0.1) is 6.42 Å². The van der Waals surface area contributed by atoms with Crippen LogP contribution in [0.15, 0.2) is 18.2 Å². The Morgan fingerprint density at radius 2 is 2.21 bits per heavy atom. The van der Waals surface area contributed by atoms with Crippen LogP contribution in [0, 0.1) is 0 Å². The SMILES string of the molecule is NCCc1ccc2c(c1)CC(=O)N2CCNC1CC1. The average molecular weight is 259 g/mol. The third-order valence-corrected chi connectivity index (χ3v) is 3.86. The van der Waals surface area contributed by atoms with Gasteiger partial charge in [0.1, 0.15) is 0 Å². The van der Waals surface area contributed by atoms with Gasteiger partial charge in [0.25, 0.3) is 0 Å². The molecular formula is C15H21N3O. The van der Waals surface area contributed by atoms with Crippen molar-refractivity contribution in [1.29, 1.82) is 0 Å². The van der Waals surface area contributed by atoms with Crippen LogP contribution in [0.3, 0.4) is 0 Å². The molecule has 3 N–H and O–H groups in total. The van der Waals surface area contributed by atoms with Crippen molar-refractivity contribution in [2.45, 2.75) is 31.7 Å². The number of amides is 1. The molecule has 1 heterocycles. The number of nitrogens with one attached hydrogen (secondary N) is 1. The molecule has 0 atom stereocenters. The van der Waals surface area contributed by atoms with Crippen LogP contribution in [0.2, 0.25) is 0 Å². The van der Waals surface area contributed by atoms with Gasteiger partial charge in [0, 0.05) is 24.8 Å². The van der Waals surface area contributed by atoms with Gasteiger partial charge in [0.15, 0.2) is 0 Å². The Hall–Kier alpha value is -1.39. The van der Waals surface area contributed by atoms with Gasteiger partial charge in [-0.25, -0.2) is 0 Å². The zero-order valence-electron chi connectivity index (χ0n) is 11.2. The number of hydrogen-bond donors (Lipinski definition) is 2. The van der Waals surface area contributed by atoms with Gasteiger partial charge in [0.2, 0.25) is 5.91 Å². The van der Waals surface area contributed by atoms with Crippen molar-refractivity contribution < 1.29 is 4.79 Å². The molecule has 1 aromatic carbocycles. The number of nitrogens with zero attached hydrogens (tertiary/aromatic N) is 1. The standard InChI is InChI=1S/C15H21N3O/c16-6-5-11-1-4-14-12(9-11)10-15(19)18(14)8-7-17-13-2-3-13/h1,4,9,13,17H,2-3,5-8,10,16H2. The van der Waals surface area contributed by atoms with E-state index in [1.807, 2.05) is 4.90 Å². The summed E-state index contributed by atoms with van der Waals surface area (Å²) in [7, 11) is 0. The van der Waals surface area contributed by atoms with Crippen LogP contribution in [0.25, 0.3) is 0 Å². The summed E-state index contributed by atoms with van der Waals surface area (Å²) in [4.78, 5) is 14.0. The van der Waals surface area contributed by atoms with Gasteiger partial charge in [-0.15, -0.1) is 0 Å². The first-order chi connectivity index (χ1) is 9.28. The zero-order valence-corrected chi connectivity index (χ0v) is 11.2. The van der Waals surface area contributed by atoms with E-state index in [9.17, 15) is 4.79 Å². The van der Waals surface area contributed by atoms with E-state index in [1.165, 1.54) is 18.4 Å². The smallest absolute Gasteiger partial charge is 0.231 e. The highest BCUT2D eigenvalue weighted by Crippen LogP contribution is 2.29. The molecule has 0 radical (unpaired) electrons. The van der Waals surface area contributed by atoms with Crippen LogP contribution in [0.5, 0.6) is 0 Å². The molecule has 0 bridgehead atoms. The van der Waals surface area contributed by atoms with E-state index in [-0.39, 0.29) is 5.91 Å². The van der Waals surface area contributed by atoms with Crippen LogP contribution in [0.1, 0.15) is 24.0 Å². The van der Waals surface area contributed by atoms with Crippen molar-refractivity contribution in [1.82, 2.24) is 5.32 Å². The normalized spacial score (nSPS) is 17.9. The second-order valence-corrected chi connectivity index (χ2v) is 5.45. The topological polar surface area (TPSA) is 58.4 Å². The maximum atomic E-state index is 12.1. The minimum Gasteiger partial charge on any atom is -0.330 e. The Balaban J connectivity index is 1.67. The maximum absolute atomic E-state index is 12.1. The molecule has 1 fully saturated rings. The van der Waals surface area contributed by atoms with Crippen molar-refractivity contribution in [3.8, 4) is 0 Å². The predicted molar refractivity (Wildman–Crippen MR) is 76.3 cm³/mol. The molecule has 0 spiro atoms. The lowest BCUT2D eigenvalue weighted by molar-refractivity contribution is -0.117. The van der Waals surface area contributed by atoms with Crippen LogP contribution in [0.4, 0.5) is 5.69 Å². The molecule has 102 valence electrons. The maximum Gasteiger partial charge on any atom is 0.231 e. The summed E-state index contributed by atoms with van der Waals surface area (Å²) >= 11 is 0. The van der Waals surface area contributed by atoms with Crippen molar-refractivity contribution in [2.75, 3.05) is 24.5 Å². The highest BCUT2D eigenvalue weighted by atomic mass is 16.2. The van der Waals surface area contributed by atoms with Crippen molar-refractivity contribution in [3.05, 3.63) is 29.3 Å². The zero-order chi connectivity index (χ0) is 13.2. The first-order valence-corrected chi connectivity index (χ1v) is 7.13. The summed E-state index contributed by atoms with van der Waals surface area (Å²) in [6.07, 6.45) is 3.99. The van der Waals surface area contributed by atoms with Gasteiger partial charge < -0.3 is 16.0 Å². The number of fused-ring (bicyclic) bond motifs is 1. The van der Waals surface area contributed by atoms with E-state index in [0.717, 1.165) is 30.8 Å². The van der Waals surface area contributed by atoms with E-state index in [0.29, 0.717) is 19.0 Å². The molecule has 4 heteroatoms. The summed E-state index contributed by atoms with van der Waals surface area (Å²) in [6, 6.07) is 6.99. The quantitative estimate of drug-likeness (QED) is 0.795. The molecule has 2 aliphatic rings. The van der Waals surface area contributed by atoms with E-state index in [2.05, 4.69) is 23.5 Å². The fourth-order valence-electron chi connectivity index (χ4n) is 2.67. The van der Waals surface area contributed by atoms with Crippen LogP contribution < -0.4 is 16.0 Å². The van der Waals surface area contributed by atoms with Crippen LogP contribution in [-0.4, -0.2) is 31.6 Å². The minimum absolute atomic E-state index is 0.220. The van der Waals surface area contributed by atoms with Crippen molar-refractivity contribution >= 4 is 11.6 Å². The van der Waals surface area contributed by atoms with E-state index in [1.54, 1.807) is 0 Å². The largest absolute Gasteiger partial charge is 0.330 e. The number of carbonyl (C=O) groups excluding carboxylic acids is 1. The van der Waals surface area contributed by atoms with Crippen molar-refractivity contribution in [3.63, 3.8) is 0 Å². The average Bonchev–Trinajstić information content (AvgIpc) is 3.15. The van der Waals surface area contributed by atoms with Gasteiger partial charge in [-0.3, -0.25) is 4.79 Å². The first kappa shape index (κ1) is 12.6. The molecule has 1 aliphatic carbocycles. The minimum atomic E-state index is 0.220. The number of benzene rings is 1. The van der Waals surface area contributed by atoms with Crippen molar-refractivity contribution in [2.24, 2.45) is 5.73 Å². The van der Waals surface area contributed by atoms with E-state index in [4.69, 9.17) is 5.73 Å². The Labute approximate surface area is 114 Å². The lowest BCUT2D eigenvalue weighted by Gasteiger charge is -2.18. The predicted octanol–water partition coefficient (Wildman–Crippen LogP) is 0.829. The lowest BCUT2D eigenvalue weighted by Crippen LogP contribution is -2.35. The Morgan fingerprint density at radius 3 is 2.95 bits per heavy atom. The third-order valence-electron chi connectivity index (χ3n) is 3.86. The van der Waals surface area contributed by atoms with Gasteiger partial charge in [-0.2, -0.15) is 0 Å². The monoisotopic (exact) mass is 259 g/mol. The number of hydrogen-bond acceptors (Lipinski definition) is 3. The lowest BCUT2D eigenvalue weighted by atomic mass is 10.1. The second-order valence-electron chi connectivity index (χ2n) is 5.45. The highest BCUT2D eigenvalue weighted by Gasteiger charge is 2.27. The summed E-state index contributed by atoms with van der Waals surface area (Å²) in [5, 5.41) is 3.46. The number of nitrogens with two attached hydrogens (primary N) is 1. The molecule has 1 saturated carbocycles. The Bertz CT molecular complexity index is 482. The summed E-state index contributed by atoms with van der Waals surface area (Å²) < 4.78 is 0. The molecule has 0 unspecified atom stereocenters. The molecule has 1 amide bonds. The molecular weight excluding hydrogens is 238 g/mol. The molecule has 0 saturated heterocycles. The van der Waals surface area contributed by atoms with Crippen LogP contribution >= 0.6 is 0 Å². The number of carbonyl (C=O) groups is 1. The molecule has 0 aromatic heterocycles. The van der Waals surface area contributed by atoms with Gasteiger partial charge in [-0.05, 0) is 43.0 Å². The first-order valence-electron chi connectivity index (χ1n) is 7.13. The Kier molecular flexibility index (Phi) is 3.53. The summed E-state index contributed by atoms with van der Waals surface area (Å²) in [5.74, 6) is 0.220. The fourth-order valence-corrected chi connectivity index (χ4v) is 2.67. The summed E-state index contributed by atoms with van der Waals surface area (Å²) in [5.41, 5.74) is 9.04. The molecule has 4 nitrogen and oxygen atoms in total. The molecule has 1 aromatic rings. The number of rotatable bonds is 6. The molecule has 3 rings (SSSR count). The molecule has 1 aliphatic heterocycles. The highest BCUT2D eigenvalue weighted by molar-refractivity contribution is 6.01. The van der Waals surface area contributed by atoms with Gasteiger partial charge >= 0.3 is 0 Å². The third kappa shape index (κ3) is 2.80. The van der Waals surface area contributed by atoms with Crippen LogP contribution in [-0.2, 0) is 17.6 Å². The Morgan fingerprint density at radius 1 is 1.37 bits per heavy atom. The molecule has 19 heavy (non-hydrogen) atoms. The fraction of sp³-hybridized carbons (Fsp3) is 0.533. The van der Waals surface area contributed by atoms with E-state index < -0.39 is 0 Å². The van der Waals surface area contributed by atoms with E-state index >= 15 is 0 Å². The van der Waals surface area contributed by atoms with Gasteiger partial charge in [-0.1, -0.05) is 12.1 Å². The number of anilines is 1.